The van der Waals surface area contributed by atoms with Gasteiger partial charge < -0.3 is 5.32 Å². The molecule has 3 aromatic rings. The van der Waals surface area contributed by atoms with Gasteiger partial charge in [0, 0.05) is 21.0 Å². The van der Waals surface area contributed by atoms with E-state index in [0.717, 1.165) is 21.4 Å². The van der Waals surface area contributed by atoms with Crippen LogP contribution in [0.5, 0.6) is 0 Å². The summed E-state index contributed by atoms with van der Waals surface area (Å²) in [5.41, 5.74) is 0.844. The Balaban J connectivity index is 1.74. The lowest BCUT2D eigenvalue weighted by molar-refractivity contribution is -0.115. The zero-order valence-electron chi connectivity index (χ0n) is 12.6. The van der Waals surface area contributed by atoms with Gasteiger partial charge in [-0.05, 0) is 42.6 Å². The second-order valence-electron chi connectivity index (χ2n) is 5.23. The fourth-order valence-electron chi connectivity index (χ4n) is 2.34. The van der Waals surface area contributed by atoms with Crippen molar-refractivity contribution in [2.45, 2.75) is 17.1 Å². The van der Waals surface area contributed by atoms with Crippen LogP contribution in [0.2, 0.25) is 5.02 Å². The third kappa shape index (κ3) is 3.87. The molecular formula is C19H16ClNOS. The number of benzene rings is 3. The SMILES string of the molecule is C[C@H](Sc1ccc(Cl)cc1)C(=O)Nc1cccc2ccccc12. The quantitative estimate of drug-likeness (QED) is 0.625. The molecule has 4 heteroatoms. The summed E-state index contributed by atoms with van der Waals surface area (Å²) in [4.78, 5) is 13.5. The fraction of sp³-hybridized carbons (Fsp3) is 0.105. The molecule has 0 heterocycles. The summed E-state index contributed by atoms with van der Waals surface area (Å²) < 4.78 is 0. The standard InChI is InChI=1S/C19H16ClNOS/c1-13(23-16-11-9-15(20)10-12-16)19(22)21-18-8-4-6-14-5-2-3-7-17(14)18/h2-13H,1H3,(H,21,22)/t13-/m0/s1. The number of fused-ring (bicyclic) bond motifs is 1. The number of hydrogen-bond donors (Lipinski definition) is 1. The van der Waals surface area contributed by atoms with Crippen LogP contribution in [0.1, 0.15) is 6.92 Å². The Hall–Kier alpha value is -1.97. The summed E-state index contributed by atoms with van der Waals surface area (Å²) >= 11 is 7.40. The fourth-order valence-corrected chi connectivity index (χ4v) is 3.33. The van der Waals surface area contributed by atoms with Gasteiger partial charge in [0.05, 0.1) is 5.25 Å². The molecule has 1 atom stereocenters. The van der Waals surface area contributed by atoms with Crippen molar-refractivity contribution in [2.24, 2.45) is 0 Å². The number of thioether (sulfide) groups is 1. The van der Waals surface area contributed by atoms with Crippen molar-refractivity contribution in [3.63, 3.8) is 0 Å². The van der Waals surface area contributed by atoms with E-state index >= 15 is 0 Å². The Morgan fingerprint density at radius 1 is 1.00 bits per heavy atom. The molecule has 0 unspecified atom stereocenters. The molecule has 23 heavy (non-hydrogen) atoms. The largest absolute Gasteiger partial charge is 0.325 e. The molecule has 3 rings (SSSR count). The maximum absolute atomic E-state index is 12.5. The Morgan fingerprint density at radius 2 is 1.70 bits per heavy atom. The maximum atomic E-state index is 12.5. The van der Waals surface area contributed by atoms with Crippen molar-refractivity contribution >= 4 is 45.7 Å². The van der Waals surface area contributed by atoms with Crippen LogP contribution in [0.15, 0.2) is 71.6 Å². The van der Waals surface area contributed by atoms with Gasteiger partial charge in [-0.25, -0.2) is 0 Å². The first-order valence-corrected chi connectivity index (χ1v) is 8.60. The van der Waals surface area contributed by atoms with E-state index < -0.39 is 0 Å². The predicted molar refractivity (Wildman–Crippen MR) is 99.3 cm³/mol. The van der Waals surface area contributed by atoms with Gasteiger partial charge in [-0.3, -0.25) is 4.79 Å². The summed E-state index contributed by atoms with van der Waals surface area (Å²) in [6.45, 7) is 1.90. The van der Waals surface area contributed by atoms with E-state index in [0.29, 0.717) is 5.02 Å². The third-order valence-electron chi connectivity index (χ3n) is 3.54. The van der Waals surface area contributed by atoms with Crippen LogP contribution < -0.4 is 5.32 Å². The Morgan fingerprint density at radius 3 is 2.48 bits per heavy atom. The molecule has 116 valence electrons. The second kappa shape index (κ2) is 7.07. The summed E-state index contributed by atoms with van der Waals surface area (Å²) in [6, 6.07) is 21.5. The van der Waals surface area contributed by atoms with Gasteiger partial charge in [0.1, 0.15) is 0 Å². The third-order valence-corrected chi connectivity index (χ3v) is 4.91. The number of carbonyl (C=O) groups is 1. The van der Waals surface area contributed by atoms with Crippen LogP contribution in [0.3, 0.4) is 0 Å². The minimum Gasteiger partial charge on any atom is -0.325 e. The van der Waals surface area contributed by atoms with E-state index in [-0.39, 0.29) is 11.2 Å². The molecule has 1 amide bonds. The highest BCUT2D eigenvalue weighted by molar-refractivity contribution is 8.00. The highest BCUT2D eigenvalue weighted by atomic mass is 35.5. The number of rotatable bonds is 4. The number of anilines is 1. The first kappa shape index (κ1) is 15.9. The van der Waals surface area contributed by atoms with E-state index in [4.69, 9.17) is 11.6 Å². The average Bonchev–Trinajstić information content (AvgIpc) is 2.57. The van der Waals surface area contributed by atoms with Gasteiger partial charge in [-0.15, -0.1) is 11.8 Å². The lowest BCUT2D eigenvalue weighted by Crippen LogP contribution is -2.22. The Labute approximate surface area is 144 Å². The Kier molecular flexibility index (Phi) is 4.89. The van der Waals surface area contributed by atoms with Crippen molar-refractivity contribution in [1.82, 2.24) is 0 Å². The van der Waals surface area contributed by atoms with Crippen LogP contribution in [-0.4, -0.2) is 11.2 Å². The minimum atomic E-state index is -0.199. The van der Waals surface area contributed by atoms with Gasteiger partial charge in [0.15, 0.2) is 0 Å². The van der Waals surface area contributed by atoms with Gasteiger partial charge in [-0.1, -0.05) is 48.0 Å². The highest BCUT2D eigenvalue weighted by Gasteiger charge is 2.15. The number of carbonyl (C=O) groups excluding carboxylic acids is 1. The van der Waals surface area contributed by atoms with Gasteiger partial charge >= 0.3 is 0 Å². The summed E-state index contributed by atoms with van der Waals surface area (Å²) in [7, 11) is 0. The van der Waals surface area contributed by atoms with Crippen LogP contribution in [0, 0.1) is 0 Å². The lowest BCUT2D eigenvalue weighted by Gasteiger charge is -2.13. The van der Waals surface area contributed by atoms with Crippen LogP contribution in [0.25, 0.3) is 10.8 Å². The van der Waals surface area contributed by atoms with Crippen LogP contribution in [0.4, 0.5) is 5.69 Å². The zero-order chi connectivity index (χ0) is 16.2. The molecule has 0 aromatic heterocycles. The summed E-state index contributed by atoms with van der Waals surface area (Å²) in [6.07, 6.45) is 0. The molecule has 0 aliphatic rings. The topological polar surface area (TPSA) is 29.1 Å². The van der Waals surface area contributed by atoms with Gasteiger partial charge in [0.2, 0.25) is 5.91 Å². The van der Waals surface area contributed by atoms with E-state index in [1.807, 2.05) is 73.7 Å². The number of nitrogens with one attached hydrogen (secondary N) is 1. The van der Waals surface area contributed by atoms with E-state index in [2.05, 4.69) is 5.32 Å². The van der Waals surface area contributed by atoms with Gasteiger partial charge in [-0.2, -0.15) is 0 Å². The van der Waals surface area contributed by atoms with Crippen molar-refractivity contribution in [2.75, 3.05) is 5.32 Å². The monoisotopic (exact) mass is 341 g/mol. The van der Waals surface area contributed by atoms with Crippen molar-refractivity contribution in [1.29, 1.82) is 0 Å². The molecule has 0 fully saturated rings. The highest BCUT2D eigenvalue weighted by Crippen LogP contribution is 2.27. The molecular weight excluding hydrogens is 326 g/mol. The summed E-state index contributed by atoms with van der Waals surface area (Å²) in [5.74, 6) is -0.0127. The van der Waals surface area contributed by atoms with Crippen molar-refractivity contribution in [3.05, 3.63) is 71.8 Å². The molecule has 1 N–H and O–H groups in total. The normalized spacial score (nSPS) is 12.1. The Bertz CT molecular complexity index is 827. The maximum Gasteiger partial charge on any atom is 0.237 e. The van der Waals surface area contributed by atoms with Crippen molar-refractivity contribution < 1.29 is 4.79 Å². The van der Waals surface area contributed by atoms with E-state index in [1.54, 1.807) is 0 Å². The van der Waals surface area contributed by atoms with E-state index in [1.165, 1.54) is 11.8 Å². The molecule has 0 radical (unpaired) electrons. The summed E-state index contributed by atoms with van der Waals surface area (Å²) in [5, 5.41) is 5.69. The molecule has 0 saturated heterocycles. The number of halogens is 1. The van der Waals surface area contributed by atoms with E-state index in [9.17, 15) is 4.79 Å². The molecule has 0 aliphatic carbocycles. The first-order valence-electron chi connectivity index (χ1n) is 7.34. The smallest absolute Gasteiger partial charge is 0.237 e. The molecule has 0 bridgehead atoms. The molecule has 0 spiro atoms. The molecule has 0 aliphatic heterocycles. The second-order valence-corrected chi connectivity index (χ2v) is 7.08. The number of hydrogen-bond acceptors (Lipinski definition) is 2. The van der Waals surface area contributed by atoms with Gasteiger partial charge in [0.25, 0.3) is 0 Å². The van der Waals surface area contributed by atoms with Crippen molar-refractivity contribution in [3.8, 4) is 0 Å². The minimum absolute atomic E-state index is 0.0127. The van der Waals surface area contributed by atoms with Crippen LogP contribution in [-0.2, 0) is 4.79 Å². The predicted octanol–water partition coefficient (Wildman–Crippen LogP) is 5.61. The molecule has 0 saturated carbocycles. The first-order chi connectivity index (χ1) is 11.1. The number of amides is 1. The average molecular weight is 342 g/mol. The molecule has 3 aromatic carbocycles. The molecule has 2 nitrogen and oxygen atoms in total. The lowest BCUT2D eigenvalue weighted by atomic mass is 10.1. The van der Waals surface area contributed by atoms with Crippen LogP contribution >= 0.6 is 23.4 Å². The zero-order valence-corrected chi connectivity index (χ0v) is 14.2.